The maximum atomic E-state index is 12.2. The normalized spacial score (nSPS) is 16.2. The Kier molecular flexibility index (Phi) is 5.95. The van der Waals surface area contributed by atoms with Gasteiger partial charge in [-0.2, -0.15) is 0 Å². The second-order valence-corrected chi connectivity index (χ2v) is 6.17. The van der Waals surface area contributed by atoms with Gasteiger partial charge >= 0.3 is 11.9 Å². The average Bonchev–Trinajstić information content (AvgIpc) is 2.56. The lowest BCUT2D eigenvalue weighted by atomic mass is 9.71. The van der Waals surface area contributed by atoms with E-state index in [9.17, 15) is 19.5 Å². The van der Waals surface area contributed by atoms with E-state index in [1.165, 1.54) is 0 Å². The summed E-state index contributed by atoms with van der Waals surface area (Å²) in [5.41, 5.74) is -0.0127. The summed E-state index contributed by atoms with van der Waals surface area (Å²) < 4.78 is 4.90. The number of aliphatic carboxylic acids is 1. The number of hydrogen-bond acceptors (Lipinski definition) is 4. The molecule has 0 aromatic heterocycles. The predicted octanol–water partition coefficient (Wildman–Crippen LogP) is 3.23. The molecule has 2 N–H and O–H groups in total. The van der Waals surface area contributed by atoms with E-state index in [0.717, 1.165) is 19.3 Å². The van der Waals surface area contributed by atoms with Gasteiger partial charge in [0.2, 0.25) is 5.91 Å². The Morgan fingerprint density at radius 1 is 1.12 bits per heavy atom. The largest absolute Gasteiger partial charge is 0.481 e. The molecule has 0 heterocycles. The van der Waals surface area contributed by atoms with E-state index in [4.69, 9.17) is 4.74 Å². The Labute approximate surface area is 141 Å². The molecule has 1 fully saturated rings. The number of carbonyl (C=O) groups excluding carboxylic acids is 2. The summed E-state index contributed by atoms with van der Waals surface area (Å²) >= 11 is 0. The fraction of sp³-hybridized carbons (Fsp3) is 0.500. The molecule has 1 amide bonds. The summed E-state index contributed by atoms with van der Waals surface area (Å²) in [6.07, 6.45) is 3.75. The first kappa shape index (κ1) is 18.0. The van der Waals surface area contributed by atoms with Crippen molar-refractivity contribution in [2.75, 3.05) is 11.9 Å². The molecule has 1 aromatic carbocycles. The minimum absolute atomic E-state index is 0.0258. The van der Waals surface area contributed by atoms with E-state index in [-0.39, 0.29) is 12.3 Å². The Hall–Kier alpha value is -2.37. The third kappa shape index (κ3) is 4.34. The number of rotatable bonds is 6. The van der Waals surface area contributed by atoms with Gasteiger partial charge in [-0.15, -0.1) is 0 Å². The predicted molar refractivity (Wildman–Crippen MR) is 88.8 cm³/mol. The Balaban J connectivity index is 1.98. The highest BCUT2D eigenvalue weighted by molar-refractivity contribution is 5.95. The summed E-state index contributed by atoms with van der Waals surface area (Å²) in [5, 5.41) is 12.2. The van der Waals surface area contributed by atoms with Gasteiger partial charge in [0.1, 0.15) is 0 Å². The first-order chi connectivity index (χ1) is 11.5. The topological polar surface area (TPSA) is 92.7 Å². The van der Waals surface area contributed by atoms with Crippen LogP contribution in [0, 0.1) is 5.41 Å². The summed E-state index contributed by atoms with van der Waals surface area (Å²) in [5.74, 6) is -1.62. The number of ether oxygens (including phenoxy) is 1. The van der Waals surface area contributed by atoms with Crippen molar-refractivity contribution in [2.24, 2.45) is 5.41 Å². The Bertz CT molecular complexity index is 602. The van der Waals surface area contributed by atoms with Crippen molar-refractivity contribution in [3.05, 3.63) is 29.8 Å². The van der Waals surface area contributed by atoms with Crippen LogP contribution in [0.25, 0.3) is 0 Å². The van der Waals surface area contributed by atoms with E-state index in [1.807, 2.05) is 0 Å². The monoisotopic (exact) mass is 333 g/mol. The molecule has 0 atom stereocenters. The highest BCUT2D eigenvalue weighted by Gasteiger charge is 2.41. The van der Waals surface area contributed by atoms with Crippen LogP contribution in [-0.2, 0) is 14.3 Å². The molecule has 6 nitrogen and oxygen atoms in total. The quantitative estimate of drug-likeness (QED) is 0.780. The molecule has 0 radical (unpaired) electrons. The number of carbonyl (C=O) groups is 3. The Morgan fingerprint density at radius 3 is 2.29 bits per heavy atom. The highest BCUT2D eigenvalue weighted by Crippen LogP contribution is 2.39. The number of carboxylic acid groups (broad SMARTS) is 1. The van der Waals surface area contributed by atoms with Crippen molar-refractivity contribution in [3.8, 4) is 0 Å². The molecule has 1 saturated carbocycles. The zero-order valence-corrected chi connectivity index (χ0v) is 13.8. The molecule has 1 aromatic rings. The number of esters is 1. The van der Waals surface area contributed by atoms with Crippen molar-refractivity contribution in [3.63, 3.8) is 0 Å². The number of amides is 1. The third-order valence-corrected chi connectivity index (χ3v) is 4.44. The lowest BCUT2D eigenvalue weighted by Gasteiger charge is -2.32. The molecule has 0 unspecified atom stereocenters. The standard InChI is InChI=1S/C18H23NO5/c1-2-24-16(21)13-6-8-14(9-7-13)19-15(20)12-18(17(22)23)10-4-3-5-11-18/h6-9H,2-5,10-12H2,1H3,(H,19,20)(H,22,23). The second-order valence-electron chi connectivity index (χ2n) is 6.17. The molecule has 0 spiro atoms. The van der Waals surface area contributed by atoms with Gasteiger partial charge < -0.3 is 15.2 Å². The molecule has 1 aliphatic rings. The van der Waals surface area contributed by atoms with Crippen LogP contribution in [0.2, 0.25) is 0 Å². The van der Waals surface area contributed by atoms with Crippen LogP contribution in [0.4, 0.5) is 5.69 Å². The van der Waals surface area contributed by atoms with Gasteiger partial charge in [0.05, 0.1) is 17.6 Å². The number of nitrogens with one attached hydrogen (secondary N) is 1. The molecule has 0 saturated heterocycles. The first-order valence-corrected chi connectivity index (χ1v) is 8.27. The number of carboxylic acids is 1. The van der Waals surface area contributed by atoms with Gasteiger partial charge in [0.25, 0.3) is 0 Å². The van der Waals surface area contributed by atoms with E-state index in [1.54, 1.807) is 31.2 Å². The molecule has 24 heavy (non-hydrogen) atoms. The zero-order chi connectivity index (χ0) is 17.6. The maximum absolute atomic E-state index is 12.2. The molecular formula is C18H23NO5. The number of benzene rings is 1. The van der Waals surface area contributed by atoms with Gasteiger partial charge in [-0.3, -0.25) is 9.59 Å². The minimum atomic E-state index is -0.951. The van der Waals surface area contributed by atoms with E-state index in [0.29, 0.717) is 30.7 Å². The highest BCUT2D eigenvalue weighted by atomic mass is 16.5. The van der Waals surface area contributed by atoms with Gasteiger partial charge in [-0.25, -0.2) is 4.79 Å². The van der Waals surface area contributed by atoms with E-state index in [2.05, 4.69) is 5.32 Å². The first-order valence-electron chi connectivity index (χ1n) is 8.27. The van der Waals surface area contributed by atoms with Gasteiger partial charge in [0, 0.05) is 12.1 Å². The lowest BCUT2D eigenvalue weighted by molar-refractivity contribution is -0.153. The fourth-order valence-corrected chi connectivity index (χ4v) is 3.11. The smallest absolute Gasteiger partial charge is 0.338 e. The van der Waals surface area contributed by atoms with Crippen LogP contribution >= 0.6 is 0 Å². The zero-order valence-electron chi connectivity index (χ0n) is 13.8. The summed E-state index contributed by atoms with van der Waals surface area (Å²) in [6.45, 7) is 2.03. The molecule has 1 aliphatic carbocycles. The summed E-state index contributed by atoms with van der Waals surface area (Å²) in [4.78, 5) is 35.4. The minimum Gasteiger partial charge on any atom is -0.481 e. The van der Waals surface area contributed by atoms with Crippen LogP contribution < -0.4 is 5.32 Å². The van der Waals surface area contributed by atoms with Crippen molar-refractivity contribution < 1.29 is 24.2 Å². The van der Waals surface area contributed by atoms with Crippen molar-refractivity contribution >= 4 is 23.5 Å². The number of anilines is 1. The van der Waals surface area contributed by atoms with Crippen LogP contribution in [0.1, 0.15) is 55.8 Å². The summed E-state index contributed by atoms with van der Waals surface area (Å²) in [6, 6.07) is 6.36. The van der Waals surface area contributed by atoms with Crippen molar-refractivity contribution in [1.29, 1.82) is 0 Å². The molecular weight excluding hydrogens is 310 g/mol. The molecule has 2 rings (SSSR count). The van der Waals surface area contributed by atoms with Gasteiger partial charge in [-0.05, 0) is 44.0 Å². The average molecular weight is 333 g/mol. The van der Waals surface area contributed by atoms with Gasteiger partial charge in [0.15, 0.2) is 0 Å². The fourth-order valence-electron chi connectivity index (χ4n) is 3.11. The Morgan fingerprint density at radius 2 is 1.75 bits per heavy atom. The van der Waals surface area contributed by atoms with Crippen molar-refractivity contribution in [2.45, 2.75) is 45.4 Å². The second kappa shape index (κ2) is 7.95. The van der Waals surface area contributed by atoms with Crippen LogP contribution in [0.15, 0.2) is 24.3 Å². The van der Waals surface area contributed by atoms with Crippen molar-refractivity contribution in [1.82, 2.24) is 0 Å². The number of hydrogen-bond donors (Lipinski definition) is 2. The van der Waals surface area contributed by atoms with Gasteiger partial charge in [-0.1, -0.05) is 19.3 Å². The molecule has 0 aliphatic heterocycles. The lowest BCUT2D eigenvalue weighted by Crippen LogP contribution is -2.37. The maximum Gasteiger partial charge on any atom is 0.338 e. The molecule has 0 bridgehead atoms. The van der Waals surface area contributed by atoms with Crippen LogP contribution in [0.5, 0.6) is 0 Å². The SMILES string of the molecule is CCOC(=O)c1ccc(NC(=O)CC2(C(=O)O)CCCCC2)cc1. The summed E-state index contributed by atoms with van der Waals surface area (Å²) in [7, 11) is 0. The van der Waals surface area contributed by atoms with Crippen LogP contribution in [0.3, 0.4) is 0 Å². The third-order valence-electron chi connectivity index (χ3n) is 4.44. The molecule has 6 heteroatoms. The molecule has 130 valence electrons. The van der Waals surface area contributed by atoms with E-state index < -0.39 is 17.4 Å². The van der Waals surface area contributed by atoms with E-state index >= 15 is 0 Å². The van der Waals surface area contributed by atoms with Crippen LogP contribution in [-0.4, -0.2) is 29.6 Å².